The highest BCUT2D eigenvalue weighted by molar-refractivity contribution is 5.96. The summed E-state index contributed by atoms with van der Waals surface area (Å²) in [5.41, 5.74) is 3.34. The van der Waals surface area contributed by atoms with E-state index in [2.05, 4.69) is 50.3 Å². The fourth-order valence-corrected chi connectivity index (χ4v) is 3.83. The van der Waals surface area contributed by atoms with E-state index in [0.717, 1.165) is 59.9 Å². The molecular weight excluding hydrogens is 362 g/mol. The smallest absolute Gasteiger partial charge is 0.228 e. The van der Waals surface area contributed by atoms with Gasteiger partial charge in [-0.1, -0.05) is 42.5 Å². The van der Waals surface area contributed by atoms with Crippen LogP contribution in [0.2, 0.25) is 0 Å². The topological polar surface area (TPSA) is 61.4 Å². The lowest BCUT2D eigenvalue weighted by molar-refractivity contribution is -0.115. The maximum Gasteiger partial charge on any atom is 0.228 e. The highest BCUT2D eigenvalue weighted by Crippen LogP contribution is 2.23. The van der Waals surface area contributed by atoms with Crippen LogP contribution in [0.3, 0.4) is 0 Å². The third-order valence-electron chi connectivity index (χ3n) is 5.54. The summed E-state index contributed by atoms with van der Waals surface area (Å²) in [6.07, 6.45) is 0.320. The van der Waals surface area contributed by atoms with Crippen LogP contribution in [0.15, 0.2) is 42.5 Å². The van der Waals surface area contributed by atoms with Crippen LogP contribution in [0, 0.1) is 13.8 Å². The van der Waals surface area contributed by atoms with E-state index in [1.807, 2.05) is 38.1 Å². The minimum Gasteiger partial charge on any atom is -0.338 e. The number of rotatable bonds is 4. The Morgan fingerprint density at radius 2 is 1.62 bits per heavy atom. The number of fused-ring (bicyclic) bond motifs is 1. The zero-order valence-electron chi connectivity index (χ0n) is 17.3. The number of carbonyl (C=O) groups is 1. The zero-order valence-corrected chi connectivity index (χ0v) is 17.3. The molecule has 1 saturated heterocycles. The monoisotopic (exact) mass is 389 g/mol. The van der Waals surface area contributed by atoms with Gasteiger partial charge in [0.15, 0.2) is 0 Å². The van der Waals surface area contributed by atoms with Crippen molar-refractivity contribution in [2.75, 3.05) is 43.4 Å². The van der Waals surface area contributed by atoms with Gasteiger partial charge < -0.3 is 15.1 Å². The molecule has 1 N–H and O–H groups in total. The molecule has 1 aliphatic heterocycles. The normalized spacial score (nSPS) is 14.9. The van der Waals surface area contributed by atoms with Gasteiger partial charge in [-0.2, -0.15) is 0 Å². The van der Waals surface area contributed by atoms with E-state index in [-0.39, 0.29) is 5.91 Å². The summed E-state index contributed by atoms with van der Waals surface area (Å²) in [5.74, 6) is 0.698. The van der Waals surface area contributed by atoms with Crippen molar-refractivity contribution in [2.45, 2.75) is 20.3 Å². The SMILES string of the molecule is Cc1nc(N2CCN(C)CC2)nc(C)c1NC(=O)Cc1cccc2ccccc12. The summed E-state index contributed by atoms with van der Waals surface area (Å²) >= 11 is 0. The molecule has 0 radical (unpaired) electrons. The second kappa shape index (κ2) is 8.17. The van der Waals surface area contributed by atoms with Crippen LogP contribution in [0.5, 0.6) is 0 Å². The van der Waals surface area contributed by atoms with E-state index in [1.54, 1.807) is 0 Å². The van der Waals surface area contributed by atoms with Gasteiger partial charge in [0.2, 0.25) is 11.9 Å². The summed E-state index contributed by atoms with van der Waals surface area (Å²) in [4.78, 5) is 26.6. The summed E-state index contributed by atoms with van der Waals surface area (Å²) in [7, 11) is 2.13. The molecule has 2 heterocycles. The molecule has 1 aliphatic rings. The molecule has 0 unspecified atom stereocenters. The number of anilines is 2. The molecule has 1 aromatic heterocycles. The lowest BCUT2D eigenvalue weighted by Gasteiger charge is -2.32. The van der Waals surface area contributed by atoms with Crippen LogP contribution in [0.25, 0.3) is 10.8 Å². The van der Waals surface area contributed by atoms with Crippen molar-refractivity contribution in [2.24, 2.45) is 0 Å². The number of aryl methyl sites for hydroxylation is 2. The van der Waals surface area contributed by atoms with E-state index >= 15 is 0 Å². The molecule has 4 rings (SSSR count). The van der Waals surface area contributed by atoms with Crippen LogP contribution >= 0.6 is 0 Å². The molecular formula is C23H27N5O. The van der Waals surface area contributed by atoms with Gasteiger partial charge in [0, 0.05) is 26.2 Å². The molecule has 0 aliphatic carbocycles. The summed E-state index contributed by atoms with van der Waals surface area (Å²) in [6, 6.07) is 14.2. The van der Waals surface area contributed by atoms with Crippen LogP contribution in [-0.4, -0.2) is 54.0 Å². The molecule has 6 heteroatoms. The van der Waals surface area contributed by atoms with E-state index in [0.29, 0.717) is 12.1 Å². The Hall–Kier alpha value is -2.99. The second-order valence-corrected chi connectivity index (χ2v) is 7.72. The minimum atomic E-state index is -0.0523. The molecule has 0 bridgehead atoms. The van der Waals surface area contributed by atoms with Crippen LogP contribution in [0.4, 0.5) is 11.6 Å². The third-order valence-corrected chi connectivity index (χ3v) is 5.54. The average molecular weight is 390 g/mol. The number of aromatic nitrogens is 2. The first kappa shape index (κ1) is 19.3. The molecule has 2 aromatic carbocycles. The van der Waals surface area contributed by atoms with Gasteiger partial charge in [-0.3, -0.25) is 4.79 Å². The number of amides is 1. The number of nitrogens with one attached hydrogen (secondary N) is 1. The fraction of sp³-hybridized carbons (Fsp3) is 0.348. The first-order chi connectivity index (χ1) is 14.0. The van der Waals surface area contributed by atoms with Crippen molar-refractivity contribution in [3.05, 3.63) is 59.4 Å². The van der Waals surface area contributed by atoms with Gasteiger partial charge in [-0.05, 0) is 37.2 Å². The fourth-order valence-electron chi connectivity index (χ4n) is 3.83. The lowest BCUT2D eigenvalue weighted by Crippen LogP contribution is -2.45. The standard InChI is InChI=1S/C23H27N5O/c1-16-22(17(2)25-23(24-16)28-13-11-27(3)12-14-28)26-21(29)15-19-9-6-8-18-7-4-5-10-20(18)19/h4-10H,11-15H2,1-3H3,(H,26,29). The molecule has 1 fully saturated rings. The van der Waals surface area contributed by atoms with Gasteiger partial charge in [0.25, 0.3) is 0 Å². The Morgan fingerprint density at radius 3 is 2.34 bits per heavy atom. The molecule has 0 atom stereocenters. The van der Waals surface area contributed by atoms with Crippen LogP contribution < -0.4 is 10.2 Å². The van der Waals surface area contributed by atoms with Gasteiger partial charge in [-0.25, -0.2) is 9.97 Å². The maximum absolute atomic E-state index is 12.8. The molecule has 6 nitrogen and oxygen atoms in total. The summed E-state index contributed by atoms with van der Waals surface area (Å²) in [5, 5.41) is 5.29. The number of hydrogen-bond acceptors (Lipinski definition) is 5. The number of hydrogen-bond donors (Lipinski definition) is 1. The molecule has 1 amide bonds. The molecule has 29 heavy (non-hydrogen) atoms. The lowest BCUT2D eigenvalue weighted by atomic mass is 10.0. The van der Waals surface area contributed by atoms with Gasteiger partial charge in [-0.15, -0.1) is 0 Å². The first-order valence-electron chi connectivity index (χ1n) is 10.1. The Bertz CT molecular complexity index is 1010. The zero-order chi connectivity index (χ0) is 20.4. The van der Waals surface area contributed by atoms with Crippen molar-refractivity contribution in [3.63, 3.8) is 0 Å². The third kappa shape index (κ3) is 4.22. The predicted octanol–water partition coefficient (Wildman–Crippen LogP) is 3.18. The highest BCUT2D eigenvalue weighted by Gasteiger charge is 2.19. The number of carbonyl (C=O) groups excluding carboxylic acids is 1. The number of likely N-dealkylation sites (N-methyl/N-ethyl adjacent to an activating group) is 1. The van der Waals surface area contributed by atoms with Crippen molar-refractivity contribution >= 4 is 28.3 Å². The van der Waals surface area contributed by atoms with Crippen LogP contribution in [0.1, 0.15) is 17.0 Å². The Kier molecular flexibility index (Phi) is 5.45. The Labute approximate surface area is 171 Å². The molecule has 0 saturated carbocycles. The quantitative estimate of drug-likeness (QED) is 0.743. The van der Waals surface area contributed by atoms with Crippen molar-refractivity contribution < 1.29 is 4.79 Å². The average Bonchev–Trinajstić information content (AvgIpc) is 2.71. The van der Waals surface area contributed by atoms with Gasteiger partial charge in [0.05, 0.1) is 23.5 Å². The van der Waals surface area contributed by atoms with E-state index in [9.17, 15) is 4.79 Å². The van der Waals surface area contributed by atoms with E-state index < -0.39 is 0 Å². The highest BCUT2D eigenvalue weighted by atomic mass is 16.1. The Balaban J connectivity index is 1.51. The predicted molar refractivity (Wildman–Crippen MR) is 117 cm³/mol. The van der Waals surface area contributed by atoms with Crippen molar-refractivity contribution in [1.29, 1.82) is 0 Å². The summed E-state index contributed by atoms with van der Waals surface area (Å²) < 4.78 is 0. The number of nitrogens with zero attached hydrogens (tertiary/aromatic N) is 4. The number of piperazine rings is 1. The summed E-state index contributed by atoms with van der Waals surface area (Å²) in [6.45, 7) is 7.71. The molecule has 0 spiro atoms. The van der Waals surface area contributed by atoms with Crippen molar-refractivity contribution in [1.82, 2.24) is 14.9 Å². The van der Waals surface area contributed by atoms with Crippen molar-refractivity contribution in [3.8, 4) is 0 Å². The van der Waals surface area contributed by atoms with Gasteiger partial charge in [0.1, 0.15) is 0 Å². The second-order valence-electron chi connectivity index (χ2n) is 7.72. The largest absolute Gasteiger partial charge is 0.338 e. The molecule has 150 valence electrons. The van der Waals surface area contributed by atoms with E-state index in [4.69, 9.17) is 0 Å². The van der Waals surface area contributed by atoms with E-state index in [1.165, 1.54) is 0 Å². The maximum atomic E-state index is 12.8. The molecule has 3 aromatic rings. The first-order valence-corrected chi connectivity index (χ1v) is 10.1. The van der Waals surface area contributed by atoms with Crippen LogP contribution in [-0.2, 0) is 11.2 Å². The van der Waals surface area contributed by atoms with Gasteiger partial charge >= 0.3 is 0 Å². The Morgan fingerprint density at radius 1 is 0.966 bits per heavy atom. The minimum absolute atomic E-state index is 0.0523. The number of benzene rings is 2.